The smallest absolute Gasteiger partial charge is 0.405 e. The summed E-state index contributed by atoms with van der Waals surface area (Å²) in [6, 6.07) is 14.4. The monoisotopic (exact) mass is 438 g/mol. The first-order valence-electron chi connectivity index (χ1n) is 8.98. The maximum absolute atomic E-state index is 15.2. The largest absolute Gasteiger partial charge is 0.573 e. The third-order valence-corrected chi connectivity index (χ3v) is 6.87. The van der Waals surface area contributed by atoms with Gasteiger partial charge in [0.2, 0.25) is 0 Å². The van der Waals surface area contributed by atoms with Crippen LogP contribution in [0.25, 0.3) is 16.6 Å². The van der Waals surface area contributed by atoms with Gasteiger partial charge in [-0.1, -0.05) is 24.3 Å². The molecule has 1 aliphatic rings. The third-order valence-electron chi connectivity index (χ3n) is 4.80. The summed E-state index contributed by atoms with van der Waals surface area (Å²) in [5, 5.41) is 18.3. The highest BCUT2D eigenvalue weighted by atomic mass is 32.2. The van der Waals surface area contributed by atoms with E-state index in [2.05, 4.69) is 9.84 Å². The normalized spacial score (nSPS) is 20.7. The topological polar surface area (TPSA) is 47.3 Å². The number of hydrogen-bond donors (Lipinski definition) is 2. The van der Waals surface area contributed by atoms with E-state index in [1.54, 1.807) is 29.1 Å². The van der Waals surface area contributed by atoms with Crippen molar-refractivity contribution in [1.82, 2.24) is 9.78 Å². The maximum atomic E-state index is 15.2. The quantitative estimate of drug-likeness (QED) is 0.412. The number of aliphatic hydroxyl groups is 1. The number of benzene rings is 2. The van der Waals surface area contributed by atoms with Crippen LogP contribution < -0.4 is 0 Å². The van der Waals surface area contributed by atoms with Crippen molar-refractivity contribution in [1.29, 1.82) is 0 Å². The molecule has 0 fully saturated rings. The molecule has 1 N–H and O–H groups in total. The Labute approximate surface area is 172 Å². The Bertz CT molecular complexity index is 1120. The van der Waals surface area contributed by atoms with Crippen molar-refractivity contribution >= 4 is 21.8 Å². The molecule has 2 heterocycles. The zero-order chi connectivity index (χ0) is 21.5. The first-order chi connectivity index (χ1) is 14.1. The minimum Gasteiger partial charge on any atom is -0.405 e. The summed E-state index contributed by atoms with van der Waals surface area (Å²) >= 11 is 0. The fraction of sp³-hybridized carbons (Fsp3) is 0.190. The zero-order valence-electron chi connectivity index (χ0n) is 15.7. The van der Waals surface area contributed by atoms with Gasteiger partial charge < -0.3 is 9.84 Å². The molecule has 1 aliphatic heterocycles. The van der Waals surface area contributed by atoms with Crippen LogP contribution in [-0.4, -0.2) is 26.8 Å². The summed E-state index contributed by atoms with van der Waals surface area (Å²) in [4.78, 5) is 0. The molecule has 3 atom stereocenters. The van der Waals surface area contributed by atoms with Gasteiger partial charge in [0.05, 0.1) is 17.4 Å². The lowest BCUT2D eigenvalue weighted by molar-refractivity contribution is -0.303. The molecular formula is C21H18F4N2O2S. The lowest BCUT2D eigenvalue weighted by atomic mass is 9.96. The van der Waals surface area contributed by atoms with Gasteiger partial charge in [0, 0.05) is 5.39 Å². The molecule has 3 aromatic rings. The molecule has 0 saturated heterocycles. The number of para-hydroxylation sites is 1. The van der Waals surface area contributed by atoms with E-state index in [0.29, 0.717) is 10.9 Å². The molecule has 158 valence electrons. The second-order valence-corrected chi connectivity index (χ2v) is 8.90. The van der Waals surface area contributed by atoms with Gasteiger partial charge in [-0.2, -0.15) is 16.0 Å². The van der Waals surface area contributed by atoms with E-state index in [1.807, 2.05) is 30.3 Å². The second-order valence-electron chi connectivity index (χ2n) is 6.99. The Morgan fingerprint density at radius 1 is 1.13 bits per heavy atom. The number of nitrogens with zero attached hydrogens (tertiary/aromatic N) is 2. The van der Waals surface area contributed by atoms with Crippen molar-refractivity contribution in [3.05, 3.63) is 82.9 Å². The summed E-state index contributed by atoms with van der Waals surface area (Å²) in [7, 11) is -1.79. The van der Waals surface area contributed by atoms with Gasteiger partial charge in [0.25, 0.3) is 0 Å². The number of aromatic nitrogens is 2. The van der Waals surface area contributed by atoms with Crippen molar-refractivity contribution in [3.8, 4) is 5.69 Å². The number of fused-ring (bicyclic) bond motifs is 1. The molecule has 0 amide bonds. The number of ether oxygens (including phenoxy) is 1. The highest BCUT2D eigenvalue weighted by molar-refractivity contribution is 8.22. The van der Waals surface area contributed by atoms with Crippen molar-refractivity contribution in [3.63, 3.8) is 0 Å². The lowest BCUT2D eigenvalue weighted by Gasteiger charge is -2.32. The third kappa shape index (κ3) is 3.95. The minimum absolute atomic E-state index is 0.310. The Morgan fingerprint density at radius 3 is 2.57 bits per heavy atom. The van der Waals surface area contributed by atoms with Gasteiger partial charge >= 0.3 is 6.36 Å². The van der Waals surface area contributed by atoms with E-state index < -0.39 is 34.1 Å². The van der Waals surface area contributed by atoms with Crippen LogP contribution in [0, 0.1) is 0 Å². The van der Waals surface area contributed by atoms with Crippen molar-refractivity contribution < 1.29 is 27.4 Å². The lowest BCUT2D eigenvalue weighted by Crippen LogP contribution is -2.32. The summed E-state index contributed by atoms with van der Waals surface area (Å²) in [5.74, 6) is -0.466. The maximum Gasteiger partial charge on any atom is 0.573 e. The summed E-state index contributed by atoms with van der Waals surface area (Å²) in [5.41, 5.74) is -1.78. The molecule has 0 radical (unpaired) electrons. The highest BCUT2D eigenvalue weighted by Crippen LogP contribution is 2.49. The number of thiol groups is 1. The molecule has 4 nitrogen and oxygen atoms in total. The average Bonchev–Trinajstić information content (AvgIpc) is 3.33. The Morgan fingerprint density at radius 2 is 1.87 bits per heavy atom. The molecule has 1 aromatic heterocycles. The molecule has 2 aromatic carbocycles. The molecule has 4 rings (SSSR count). The van der Waals surface area contributed by atoms with Crippen molar-refractivity contribution in [2.45, 2.75) is 24.4 Å². The number of alkyl halides is 4. The van der Waals surface area contributed by atoms with E-state index in [1.165, 1.54) is 12.3 Å². The molecule has 9 heteroatoms. The summed E-state index contributed by atoms with van der Waals surface area (Å²) in [6.07, 6.45) is -2.15. The summed E-state index contributed by atoms with van der Waals surface area (Å²) in [6.45, 7) is 1.31. The Kier molecular flexibility index (Phi) is 5.11. The van der Waals surface area contributed by atoms with Crippen LogP contribution in [0.5, 0.6) is 0 Å². The molecule has 0 aliphatic carbocycles. The molecule has 30 heavy (non-hydrogen) atoms. The summed E-state index contributed by atoms with van der Waals surface area (Å²) < 4.78 is 57.8. The van der Waals surface area contributed by atoms with Crippen LogP contribution in [0.1, 0.15) is 12.5 Å². The molecular weight excluding hydrogens is 420 g/mol. The van der Waals surface area contributed by atoms with Gasteiger partial charge in [-0.3, -0.25) is 0 Å². The Hall–Kier alpha value is -2.78. The van der Waals surface area contributed by atoms with Gasteiger partial charge in [-0.05, 0) is 53.6 Å². The number of halogens is 4. The predicted octanol–water partition coefficient (Wildman–Crippen LogP) is 5.43. The number of rotatable bonds is 5. The van der Waals surface area contributed by atoms with Crippen LogP contribution in [0.15, 0.2) is 77.4 Å². The van der Waals surface area contributed by atoms with Gasteiger partial charge in [0.15, 0.2) is 5.50 Å². The first kappa shape index (κ1) is 20.5. The van der Waals surface area contributed by atoms with Crippen LogP contribution in [0.2, 0.25) is 0 Å². The van der Waals surface area contributed by atoms with Crippen LogP contribution in [0.4, 0.5) is 17.6 Å². The van der Waals surface area contributed by atoms with E-state index >= 15 is 4.39 Å². The average molecular weight is 438 g/mol. The van der Waals surface area contributed by atoms with Gasteiger partial charge in [0.1, 0.15) is 11.4 Å². The molecule has 0 spiro atoms. The molecule has 0 bridgehead atoms. The van der Waals surface area contributed by atoms with Crippen molar-refractivity contribution in [2.24, 2.45) is 0 Å². The van der Waals surface area contributed by atoms with Crippen LogP contribution in [-0.2, 0) is 10.3 Å². The first-order valence-corrected chi connectivity index (χ1v) is 10.5. The van der Waals surface area contributed by atoms with Crippen LogP contribution in [0.3, 0.4) is 0 Å². The Balaban J connectivity index is 1.60. The van der Waals surface area contributed by atoms with E-state index in [4.69, 9.17) is 0 Å². The zero-order valence-corrected chi connectivity index (χ0v) is 16.6. The minimum atomic E-state index is -4.85. The van der Waals surface area contributed by atoms with Crippen molar-refractivity contribution in [2.75, 3.05) is 0 Å². The predicted molar refractivity (Wildman–Crippen MR) is 109 cm³/mol. The SMILES string of the molecule is CC(O)(c1ccc2c(cnn2-c2ccccc2)c1)C(F)[SH]1C=CC(OC(F)(F)F)=C1. The van der Waals surface area contributed by atoms with E-state index in [0.717, 1.165) is 22.7 Å². The standard InChI is InChI=1S/C21H18F4N2O2S/c1-20(28,19(22)30-10-9-17(13-30)29-21(23,24)25)15-7-8-18-14(11-15)12-26-27(18)16-5-3-2-4-6-16/h2-13,19,28,30H,1H3. The molecule has 3 unspecified atom stereocenters. The van der Waals surface area contributed by atoms with Gasteiger partial charge in [-0.25, -0.2) is 9.07 Å². The number of allylic oxidation sites excluding steroid dienone is 1. The van der Waals surface area contributed by atoms with E-state index in [9.17, 15) is 18.3 Å². The fourth-order valence-electron chi connectivity index (χ4n) is 3.28. The molecule has 0 saturated carbocycles. The highest BCUT2D eigenvalue weighted by Gasteiger charge is 2.39. The van der Waals surface area contributed by atoms with E-state index in [-0.39, 0.29) is 0 Å². The van der Waals surface area contributed by atoms with Crippen LogP contribution >= 0.6 is 10.9 Å². The fourth-order valence-corrected chi connectivity index (χ4v) is 5.13. The van der Waals surface area contributed by atoms with Gasteiger partial charge in [-0.15, -0.1) is 13.2 Å². The second kappa shape index (κ2) is 7.48. The number of hydrogen-bond acceptors (Lipinski definition) is 3.